The number of benzene rings is 2. The third-order valence-corrected chi connectivity index (χ3v) is 5.43. The minimum Gasteiger partial charge on any atom is -0.297 e. The van der Waals surface area contributed by atoms with E-state index in [-0.39, 0.29) is 18.2 Å². The molecule has 6 heteroatoms. The highest BCUT2D eigenvalue weighted by molar-refractivity contribution is 6.31. The van der Waals surface area contributed by atoms with Crippen molar-refractivity contribution in [2.45, 2.75) is 12.3 Å². The van der Waals surface area contributed by atoms with E-state index in [1.54, 1.807) is 18.3 Å². The maximum atomic E-state index is 13.3. The van der Waals surface area contributed by atoms with Crippen LogP contribution in [-0.4, -0.2) is 21.4 Å². The minimum atomic E-state index is -0.587. The number of para-hydroxylation sites is 1. The van der Waals surface area contributed by atoms with Gasteiger partial charge in [-0.15, -0.1) is 0 Å². The number of nitrogens with zero attached hydrogens (tertiary/aromatic N) is 3. The van der Waals surface area contributed by atoms with Crippen LogP contribution in [0.2, 0.25) is 5.02 Å². The molecule has 0 aliphatic carbocycles. The van der Waals surface area contributed by atoms with Crippen molar-refractivity contribution in [3.8, 4) is 5.82 Å². The zero-order chi connectivity index (χ0) is 20.0. The maximum Gasteiger partial charge on any atom is 0.243 e. The fourth-order valence-corrected chi connectivity index (χ4v) is 4.07. The summed E-state index contributed by atoms with van der Waals surface area (Å²) in [6.07, 6.45) is 1.82. The van der Waals surface area contributed by atoms with Crippen molar-refractivity contribution in [1.82, 2.24) is 9.55 Å². The Kier molecular flexibility index (Phi) is 4.18. The summed E-state index contributed by atoms with van der Waals surface area (Å²) < 4.78 is 1.92. The quantitative estimate of drug-likeness (QED) is 0.466. The molecular formula is C23H16ClN3O2. The molecule has 0 bridgehead atoms. The highest BCUT2D eigenvalue weighted by atomic mass is 35.5. The molecule has 1 fully saturated rings. The molecule has 2 amide bonds. The van der Waals surface area contributed by atoms with Gasteiger partial charge < -0.3 is 0 Å². The molecule has 1 aliphatic rings. The van der Waals surface area contributed by atoms with Crippen molar-refractivity contribution in [3.05, 3.63) is 89.7 Å². The molecule has 4 aromatic rings. The predicted molar refractivity (Wildman–Crippen MR) is 112 cm³/mol. The molecule has 1 saturated heterocycles. The molecule has 1 atom stereocenters. The van der Waals surface area contributed by atoms with Gasteiger partial charge in [0.25, 0.3) is 0 Å². The van der Waals surface area contributed by atoms with E-state index in [4.69, 9.17) is 11.6 Å². The zero-order valence-electron chi connectivity index (χ0n) is 15.3. The molecule has 29 heavy (non-hydrogen) atoms. The summed E-state index contributed by atoms with van der Waals surface area (Å²) >= 11 is 6.24. The van der Waals surface area contributed by atoms with Crippen LogP contribution in [0.25, 0.3) is 16.7 Å². The van der Waals surface area contributed by atoms with Gasteiger partial charge in [-0.25, -0.2) is 9.88 Å². The summed E-state index contributed by atoms with van der Waals surface area (Å²) in [5, 5.41) is 1.53. The molecule has 142 valence electrons. The Labute approximate surface area is 172 Å². The number of amides is 2. The van der Waals surface area contributed by atoms with Crippen molar-refractivity contribution < 1.29 is 9.59 Å². The number of hydrogen-bond acceptors (Lipinski definition) is 3. The molecular weight excluding hydrogens is 386 g/mol. The molecule has 3 heterocycles. The average molecular weight is 402 g/mol. The van der Waals surface area contributed by atoms with Gasteiger partial charge >= 0.3 is 0 Å². The lowest BCUT2D eigenvalue weighted by molar-refractivity contribution is -0.121. The molecule has 2 aromatic carbocycles. The normalized spacial score (nSPS) is 16.7. The first-order chi connectivity index (χ1) is 14.1. The maximum absolute atomic E-state index is 13.3. The number of rotatable bonds is 3. The van der Waals surface area contributed by atoms with Crippen molar-refractivity contribution >= 4 is 40.0 Å². The topological polar surface area (TPSA) is 55.2 Å². The van der Waals surface area contributed by atoms with Crippen molar-refractivity contribution in [2.24, 2.45) is 0 Å². The number of carbonyl (C=O) groups is 2. The Morgan fingerprint density at radius 3 is 2.48 bits per heavy atom. The molecule has 0 spiro atoms. The summed E-state index contributed by atoms with van der Waals surface area (Å²) in [5.74, 6) is -0.344. The van der Waals surface area contributed by atoms with E-state index in [2.05, 4.69) is 4.98 Å². The molecule has 1 aliphatic heterocycles. The first-order valence-electron chi connectivity index (χ1n) is 9.27. The molecule has 0 N–H and O–H groups in total. The van der Waals surface area contributed by atoms with Gasteiger partial charge in [0.05, 0.1) is 17.1 Å². The second-order valence-electron chi connectivity index (χ2n) is 6.96. The first-order valence-corrected chi connectivity index (χ1v) is 9.65. The smallest absolute Gasteiger partial charge is 0.243 e. The van der Waals surface area contributed by atoms with E-state index >= 15 is 0 Å². The highest BCUT2D eigenvalue weighted by Gasteiger charge is 2.42. The molecule has 5 nitrogen and oxygen atoms in total. The Morgan fingerprint density at radius 1 is 0.931 bits per heavy atom. The second kappa shape index (κ2) is 6.87. The van der Waals surface area contributed by atoms with Crippen LogP contribution < -0.4 is 4.90 Å². The van der Waals surface area contributed by atoms with E-state index in [1.807, 2.05) is 65.2 Å². The molecule has 2 aromatic heterocycles. The SMILES string of the molecule is O=C1CC(c2cc3ccc(Cl)cc3n2-c2ccccn2)C(=O)N1c1ccccc1. The van der Waals surface area contributed by atoms with Crippen LogP contribution in [0.15, 0.2) is 79.0 Å². The summed E-state index contributed by atoms with van der Waals surface area (Å²) in [5.41, 5.74) is 2.18. The van der Waals surface area contributed by atoms with E-state index in [0.717, 1.165) is 16.6 Å². The third-order valence-electron chi connectivity index (χ3n) is 5.19. The third kappa shape index (κ3) is 2.91. The average Bonchev–Trinajstić information content (AvgIpc) is 3.25. The van der Waals surface area contributed by atoms with Gasteiger partial charge in [0.1, 0.15) is 5.82 Å². The molecule has 0 saturated carbocycles. The van der Waals surface area contributed by atoms with E-state index in [9.17, 15) is 9.59 Å². The van der Waals surface area contributed by atoms with E-state index in [0.29, 0.717) is 16.5 Å². The lowest BCUT2D eigenvalue weighted by Crippen LogP contribution is -2.30. The standard InChI is InChI=1S/C23H16ClN3O2/c24-16-10-9-15-12-20(27(19(15)13-16)21-8-4-5-11-25-21)18-14-22(28)26(23(18)29)17-6-2-1-3-7-17/h1-13,18H,14H2. The number of halogens is 1. The van der Waals surface area contributed by atoms with Crippen LogP contribution in [0.1, 0.15) is 18.0 Å². The summed E-state index contributed by atoms with van der Waals surface area (Å²) in [4.78, 5) is 31.8. The molecule has 1 unspecified atom stereocenters. The van der Waals surface area contributed by atoms with E-state index < -0.39 is 5.92 Å². The monoisotopic (exact) mass is 401 g/mol. The number of anilines is 1. The van der Waals surface area contributed by atoms with Crippen LogP contribution in [0, 0.1) is 0 Å². The lowest BCUT2D eigenvalue weighted by Gasteiger charge is -2.16. The summed E-state index contributed by atoms with van der Waals surface area (Å²) in [7, 11) is 0. The Balaban J connectivity index is 1.68. The van der Waals surface area contributed by atoms with Crippen molar-refractivity contribution in [3.63, 3.8) is 0 Å². The fourth-order valence-electron chi connectivity index (χ4n) is 3.90. The Hall–Kier alpha value is -3.44. The first kappa shape index (κ1) is 17.6. The van der Waals surface area contributed by atoms with Crippen LogP contribution >= 0.6 is 11.6 Å². The van der Waals surface area contributed by atoms with Crippen molar-refractivity contribution in [2.75, 3.05) is 4.90 Å². The van der Waals surface area contributed by atoms with Gasteiger partial charge in [-0.05, 0) is 42.5 Å². The van der Waals surface area contributed by atoms with Crippen LogP contribution in [0.4, 0.5) is 5.69 Å². The number of aromatic nitrogens is 2. The predicted octanol–water partition coefficient (Wildman–Crippen LogP) is 4.73. The number of imide groups is 1. The van der Waals surface area contributed by atoms with Crippen LogP contribution in [0.3, 0.4) is 0 Å². The lowest BCUT2D eigenvalue weighted by atomic mass is 10.0. The molecule has 0 radical (unpaired) electrons. The largest absolute Gasteiger partial charge is 0.297 e. The minimum absolute atomic E-state index is 0.116. The van der Waals surface area contributed by atoms with E-state index in [1.165, 1.54) is 4.90 Å². The zero-order valence-corrected chi connectivity index (χ0v) is 16.1. The fraction of sp³-hybridized carbons (Fsp3) is 0.0870. The van der Waals surface area contributed by atoms with Crippen molar-refractivity contribution in [1.29, 1.82) is 0 Å². The number of carbonyl (C=O) groups excluding carboxylic acids is 2. The van der Waals surface area contributed by atoms with Gasteiger partial charge in [0.2, 0.25) is 11.8 Å². The van der Waals surface area contributed by atoms with Gasteiger partial charge in [-0.2, -0.15) is 0 Å². The second-order valence-corrected chi connectivity index (χ2v) is 7.39. The number of fused-ring (bicyclic) bond motifs is 1. The summed E-state index contributed by atoms with van der Waals surface area (Å²) in [6, 6.07) is 22.2. The van der Waals surface area contributed by atoms with Crippen LogP contribution in [0.5, 0.6) is 0 Å². The van der Waals surface area contributed by atoms with Gasteiger partial charge in [0, 0.05) is 28.7 Å². The highest BCUT2D eigenvalue weighted by Crippen LogP contribution is 2.37. The number of pyridine rings is 1. The molecule has 5 rings (SSSR count). The van der Waals surface area contributed by atoms with Gasteiger partial charge in [0.15, 0.2) is 0 Å². The Bertz CT molecular complexity index is 1240. The van der Waals surface area contributed by atoms with Gasteiger partial charge in [-0.3, -0.25) is 14.2 Å². The summed E-state index contributed by atoms with van der Waals surface area (Å²) in [6.45, 7) is 0. The number of hydrogen-bond donors (Lipinski definition) is 0. The Morgan fingerprint density at radius 2 is 1.72 bits per heavy atom. The van der Waals surface area contributed by atoms with Crippen LogP contribution in [-0.2, 0) is 9.59 Å². The van der Waals surface area contributed by atoms with Gasteiger partial charge in [-0.1, -0.05) is 41.9 Å².